The minimum Gasteiger partial charge on any atom is -0.493 e. The van der Waals surface area contributed by atoms with E-state index in [4.69, 9.17) is 9.84 Å². The Bertz CT molecular complexity index is 778. The molecule has 132 valence electrons. The van der Waals surface area contributed by atoms with Gasteiger partial charge >= 0.3 is 6.09 Å². The zero-order valence-electron chi connectivity index (χ0n) is 13.6. The van der Waals surface area contributed by atoms with Crippen LogP contribution in [-0.4, -0.2) is 31.4 Å². The molecule has 1 amide bonds. The molecule has 0 bridgehead atoms. The number of halogens is 2. The number of benzene rings is 2. The first-order valence-electron chi connectivity index (χ1n) is 7.87. The second-order valence-corrected chi connectivity index (χ2v) is 5.93. The van der Waals surface area contributed by atoms with E-state index in [9.17, 15) is 13.6 Å². The maximum absolute atomic E-state index is 13.4. The molecule has 0 fully saturated rings. The van der Waals surface area contributed by atoms with Crippen molar-refractivity contribution in [3.8, 4) is 5.75 Å². The molecule has 0 saturated heterocycles. The zero-order valence-corrected chi connectivity index (χ0v) is 13.6. The number of fused-ring (bicyclic) bond motifs is 1. The van der Waals surface area contributed by atoms with Crippen molar-refractivity contribution in [2.24, 2.45) is 0 Å². The van der Waals surface area contributed by atoms with Gasteiger partial charge in [-0.2, -0.15) is 0 Å². The van der Waals surface area contributed by atoms with Gasteiger partial charge in [0.15, 0.2) is 0 Å². The second kappa shape index (κ2) is 6.96. The molecule has 2 N–H and O–H groups in total. The van der Waals surface area contributed by atoms with Crippen molar-refractivity contribution < 1.29 is 23.4 Å². The summed E-state index contributed by atoms with van der Waals surface area (Å²) in [7, 11) is 1.71. The fourth-order valence-electron chi connectivity index (χ4n) is 2.97. The standard InChI is InChI=1S/C18H18F2N2O3/c1-22(15-7-12(19)6-13(20)8-15)14-2-3-16-11(10-21-18(23)24)4-5-25-17(16)9-14/h2-3,6-9,11,21H,4-5,10H2,1H3,(H,23,24)/t11-/m0/s1. The summed E-state index contributed by atoms with van der Waals surface area (Å²) < 4.78 is 32.5. The number of amides is 1. The Morgan fingerprint density at radius 1 is 1.24 bits per heavy atom. The van der Waals surface area contributed by atoms with Crippen molar-refractivity contribution in [1.82, 2.24) is 5.32 Å². The maximum Gasteiger partial charge on any atom is 0.404 e. The summed E-state index contributed by atoms with van der Waals surface area (Å²) in [4.78, 5) is 12.4. The summed E-state index contributed by atoms with van der Waals surface area (Å²) in [5.41, 5.74) is 2.02. The molecule has 2 aromatic carbocycles. The largest absolute Gasteiger partial charge is 0.493 e. The van der Waals surface area contributed by atoms with E-state index in [-0.39, 0.29) is 5.92 Å². The summed E-state index contributed by atoms with van der Waals surface area (Å²) in [5.74, 6) is -0.595. The molecule has 0 radical (unpaired) electrons. The van der Waals surface area contributed by atoms with Crippen LogP contribution in [0.25, 0.3) is 0 Å². The molecule has 1 aliphatic heterocycles. The molecule has 1 aliphatic rings. The molecule has 2 aromatic rings. The Kier molecular flexibility index (Phi) is 4.74. The van der Waals surface area contributed by atoms with Crippen LogP contribution in [0.1, 0.15) is 17.9 Å². The van der Waals surface area contributed by atoms with Crippen LogP contribution in [0.2, 0.25) is 0 Å². The lowest BCUT2D eigenvalue weighted by Crippen LogP contribution is -2.29. The third kappa shape index (κ3) is 3.81. The Morgan fingerprint density at radius 3 is 2.64 bits per heavy atom. The normalized spacial score (nSPS) is 15.9. The maximum atomic E-state index is 13.4. The molecule has 0 saturated carbocycles. The highest BCUT2D eigenvalue weighted by Gasteiger charge is 2.23. The van der Waals surface area contributed by atoms with Gasteiger partial charge < -0.3 is 20.1 Å². The lowest BCUT2D eigenvalue weighted by Gasteiger charge is -2.28. The van der Waals surface area contributed by atoms with Gasteiger partial charge in [0.1, 0.15) is 17.4 Å². The number of nitrogens with zero attached hydrogens (tertiary/aromatic N) is 1. The molecule has 3 rings (SSSR count). The fraction of sp³-hybridized carbons (Fsp3) is 0.278. The average molecular weight is 348 g/mol. The highest BCUT2D eigenvalue weighted by Crippen LogP contribution is 2.37. The third-order valence-electron chi connectivity index (χ3n) is 4.28. The Balaban J connectivity index is 1.86. The Hall–Kier alpha value is -2.83. The van der Waals surface area contributed by atoms with E-state index < -0.39 is 17.7 Å². The molecule has 0 unspecified atom stereocenters. The van der Waals surface area contributed by atoms with Crippen molar-refractivity contribution >= 4 is 17.5 Å². The number of hydrogen-bond acceptors (Lipinski definition) is 3. The second-order valence-electron chi connectivity index (χ2n) is 5.93. The van der Waals surface area contributed by atoms with Crippen molar-refractivity contribution in [1.29, 1.82) is 0 Å². The topological polar surface area (TPSA) is 61.8 Å². The van der Waals surface area contributed by atoms with Crippen LogP contribution in [0.4, 0.5) is 25.0 Å². The van der Waals surface area contributed by atoms with E-state index in [0.717, 1.165) is 23.7 Å². The highest BCUT2D eigenvalue weighted by molar-refractivity contribution is 5.66. The first kappa shape index (κ1) is 17.0. The molecule has 5 nitrogen and oxygen atoms in total. The third-order valence-corrected chi connectivity index (χ3v) is 4.28. The van der Waals surface area contributed by atoms with E-state index in [1.165, 1.54) is 12.1 Å². The molecule has 0 spiro atoms. The highest BCUT2D eigenvalue weighted by atomic mass is 19.1. The molecule has 1 heterocycles. The van der Waals surface area contributed by atoms with Gasteiger partial charge in [-0.25, -0.2) is 13.6 Å². The van der Waals surface area contributed by atoms with Crippen molar-refractivity contribution in [2.45, 2.75) is 12.3 Å². The summed E-state index contributed by atoms with van der Waals surface area (Å²) in [6, 6.07) is 8.82. The van der Waals surface area contributed by atoms with Gasteiger partial charge in [-0.1, -0.05) is 6.07 Å². The monoisotopic (exact) mass is 348 g/mol. The number of nitrogens with one attached hydrogen (secondary N) is 1. The van der Waals surface area contributed by atoms with E-state index in [1.807, 2.05) is 12.1 Å². The zero-order chi connectivity index (χ0) is 18.0. The van der Waals surface area contributed by atoms with Crippen molar-refractivity contribution in [2.75, 3.05) is 25.1 Å². The summed E-state index contributed by atoms with van der Waals surface area (Å²) >= 11 is 0. The minimum absolute atomic E-state index is 0.0332. The van der Waals surface area contributed by atoms with E-state index in [1.54, 1.807) is 18.0 Å². The predicted octanol–water partition coefficient (Wildman–Crippen LogP) is 3.87. The van der Waals surface area contributed by atoms with Gasteiger partial charge in [0.05, 0.1) is 6.61 Å². The number of anilines is 2. The van der Waals surface area contributed by atoms with Gasteiger partial charge in [-0.05, 0) is 30.2 Å². The molecule has 0 aromatic heterocycles. The quantitative estimate of drug-likeness (QED) is 0.881. The van der Waals surface area contributed by atoms with Crippen LogP contribution >= 0.6 is 0 Å². The molecule has 25 heavy (non-hydrogen) atoms. The summed E-state index contributed by atoms with van der Waals surface area (Å²) in [5, 5.41) is 11.2. The first-order valence-corrected chi connectivity index (χ1v) is 7.87. The molecule has 7 heteroatoms. The lowest BCUT2D eigenvalue weighted by molar-refractivity contribution is 0.191. The van der Waals surface area contributed by atoms with Gasteiger partial charge in [-0.15, -0.1) is 0 Å². The smallest absolute Gasteiger partial charge is 0.404 e. The van der Waals surface area contributed by atoms with Crippen molar-refractivity contribution in [3.05, 3.63) is 53.6 Å². The van der Waals surface area contributed by atoms with Crippen LogP contribution in [0, 0.1) is 11.6 Å². The molecule has 1 atom stereocenters. The predicted molar refractivity (Wildman–Crippen MR) is 89.7 cm³/mol. The van der Waals surface area contributed by atoms with Crippen LogP contribution in [-0.2, 0) is 0 Å². The van der Waals surface area contributed by atoms with E-state index >= 15 is 0 Å². The van der Waals surface area contributed by atoms with Gasteiger partial charge in [-0.3, -0.25) is 0 Å². The lowest BCUT2D eigenvalue weighted by atomic mass is 9.92. The Morgan fingerprint density at radius 2 is 1.96 bits per heavy atom. The molecular weight excluding hydrogens is 330 g/mol. The number of rotatable bonds is 4. The average Bonchev–Trinajstić information content (AvgIpc) is 2.57. The molecule has 0 aliphatic carbocycles. The van der Waals surface area contributed by atoms with E-state index in [0.29, 0.717) is 24.6 Å². The summed E-state index contributed by atoms with van der Waals surface area (Å²) in [6.07, 6.45) is -0.338. The number of carboxylic acid groups (broad SMARTS) is 1. The van der Waals surface area contributed by atoms with Crippen LogP contribution in [0.15, 0.2) is 36.4 Å². The number of carbonyl (C=O) groups is 1. The van der Waals surface area contributed by atoms with Crippen LogP contribution < -0.4 is 15.0 Å². The van der Waals surface area contributed by atoms with Crippen LogP contribution in [0.5, 0.6) is 5.75 Å². The van der Waals surface area contributed by atoms with Gasteiger partial charge in [0.2, 0.25) is 0 Å². The Labute approximate surface area is 143 Å². The first-order chi connectivity index (χ1) is 11.9. The van der Waals surface area contributed by atoms with Crippen LogP contribution in [0.3, 0.4) is 0 Å². The van der Waals surface area contributed by atoms with Crippen molar-refractivity contribution in [3.63, 3.8) is 0 Å². The van der Waals surface area contributed by atoms with E-state index in [2.05, 4.69) is 5.32 Å². The van der Waals surface area contributed by atoms with Gasteiger partial charge in [0, 0.05) is 43.0 Å². The molecular formula is C18H18F2N2O3. The SMILES string of the molecule is CN(c1cc(F)cc(F)c1)c1ccc2c(c1)OCC[C@H]2CNC(=O)O. The number of ether oxygens (including phenoxy) is 1. The number of hydrogen-bond donors (Lipinski definition) is 2. The summed E-state index contributed by atoms with van der Waals surface area (Å²) in [6.45, 7) is 0.802. The van der Waals surface area contributed by atoms with Gasteiger partial charge in [0.25, 0.3) is 0 Å². The fourth-order valence-corrected chi connectivity index (χ4v) is 2.97. The minimum atomic E-state index is -1.06.